The molecule has 0 aliphatic heterocycles. The number of hydrogen-bond acceptors (Lipinski definition) is 8. The predicted octanol–water partition coefficient (Wildman–Crippen LogP) is 6.72. The van der Waals surface area contributed by atoms with Crippen molar-refractivity contribution in [2.45, 2.75) is 6.92 Å². The zero-order valence-corrected chi connectivity index (χ0v) is 25.1. The van der Waals surface area contributed by atoms with Crippen molar-refractivity contribution in [3.8, 4) is 45.7 Å². The molecule has 0 unspecified atom stereocenters. The number of para-hydroxylation sites is 1. The van der Waals surface area contributed by atoms with Gasteiger partial charge in [0.1, 0.15) is 34.5 Å². The number of ether oxygens (including phenoxy) is 1. The molecule has 12 heteroatoms. The molecular formula is C33H25FN4O6S. The number of hydrogen-bond donors (Lipinski definition) is 2. The van der Waals surface area contributed by atoms with Crippen molar-refractivity contribution in [3.05, 3.63) is 89.7 Å². The fourth-order valence-electron chi connectivity index (χ4n) is 5.06. The monoisotopic (exact) mass is 624 g/mol. The van der Waals surface area contributed by atoms with Gasteiger partial charge in [-0.1, -0.05) is 12.1 Å². The minimum absolute atomic E-state index is 0.190. The van der Waals surface area contributed by atoms with E-state index in [1.807, 2.05) is 0 Å². The van der Waals surface area contributed by atoms with Crippen LogP contribution in [0.4, 0.5) is 10.1 Å². The SMILES string of the molecule is CCS(=O)(=O)Nc1cc2oc(-c3ccc(F)cc3)c(C(=O)NC)c2cc1-c1ccc(OC)c(-c2nc3c(C#N)cccc3o2)c1. The molecule has 0 saturated heterocycles. The lowest BCUT2D eigenvalue weighted by Gasteiger charge is -2.14. The molecule has 0 saturated carbocycles. The van der Waals surface area contributed by atoms with Crippen LogP contribution in [0.3, 0.4) is 0 Å². The summed E-state index contributed by atoms with van der Waals surface area (Å²) in [5.41, 5.74) is 3.66. The first kappa shape index (κ1) is 29.4. The Hall–Kier alpha value is -5.67. The predicted molar refractivity (Wildman–Crippen MR) is 168 cm³/mol. The fourth-order valence-corrected chi connectivity index (χ4v) is 5.71. The first-order valence-electron chi connectivity index (χ1n) is 13.7. The molecule has 6 rings (SSSR count). The number of amides is 1. The van der Waals surface area contributed by atoms with Crippen LogP contribution in [0.25, 0.3) is 56.0 Å². The highest BCUT2D eigenvalue weighted by atomic mass is 32.2. The molecule has 0 bridgehead atoms. The van der Waals surface area contributed by atoms with Crippen molar-refractivity contribution in [2.24, 2.45) is 0 Å². The van der Waals surface area contributed by atoms with Gasteiger partial charge in [-0.15, -0.1) is 0 Å². The molecule has 0 spiro atoms. The highest BCUT2D eigenvalue weighted by Crippen LogP contribution is 2.42. The number of nitrogens with zero attached hydrogens (tertiary/aromatic N) is 2. The first-order valence-corrected chi connectivity index (χ1v) is 15.4. The van der Waals surface area contributed by atoms with Gasteiger partial charge in [0, 0.05) is 29.6 Å². The molecule has 6 aromatic rings. The maximum atomic E-state index is 13.7. The largest absolute Gasteiger partial charge is 0.496 e. The molecular weight excluding hydrogens is 599 g/mol. The molecule has 0 radical (unpaired) electrons. The summed E-state index contributed by atoms with van der Waals surface area (Å²) >= 11 is 0. The van der Waals surface area contributed by atoms with Gasteiger partial charge in [0.05, 0.1) is 35.2 Å². The standard InChI is InChI=1S/C33H25FN4O6S/c1-4-45(40,41)38-25-16-28-23(29(32(39)36-2)31(43-28)18-8-11-21(34)12-9-18)15-22(25)19-10-13-26(42-3)24(14-19)33-37-30-20(17-35)6-5-7-27(30)44-33/h5-16,38H,4H2,1-3H3,(H,36,39). The number of nitriles is 1. The van der Waals surface area contributed by atoms with Gasteiger partial charge < -0.3 is 18.9 Å². The van der Waals surface area contributed by atoms with Crippen LogP contribution in [0.5, 0.6) is 5.75 Å². The Morgan fingerprint density at radius 3 is 2.44 bits per heavy atom. The molecule has 2 N–H and O–H groups in total. The molecule has 0 aliphatic carbocycles. The van der Waals surface area contributed by atoms with Gasteiger partial charge in [0.2, 0.25) is 15.9 Å². The smallest absolute Gasteiger partial charge is 0.255 e. The highest BCUT2D eigenvalue weighted by molar-refractivity contribution is 7.92. The van der Waals surface area contributed by atoms with Crippen LogP contribution in [0, 0.1) is 17.1 Å². The van der Waals surface area contributed by atoms with E-state index in [1.165, 1.54) is 51.4 Å². The van der Waals surface area contributed by atoms with E-state index in [4.69, 9.17) is 13.6 Å². The van der Waals surface area contributed by atoms with E-state index >= 15 is 0 Å². The van der Waals surface area contributed by atoms with Crippen molar-refractivity contribution in [2.75, 3.05) is 24.6 Å². The first-order chi connectivity index (χ1) is 21.7. The average molecular weight is 625 g/mol. The molecule has 0 atom stereocenters. The Morgan fingerprint density at radius 2 is 1.76 bits per heavy atom. The zero-order chi connectivity index (χ0) is 31.9. The maximum Gasteiger partial charge on any atom is 0.255 e. The summed E-state index contributed by atoms with van der Waals surface area (Å²) < 4.78 is 59.7. The minimum Gasteiger partial charge on any atom is -0.496 e. The number of rotatable bonds is 8. The molecule has 226 valence electrons. The number of furan rings is 1. The molecule has 4 aromatic carbocycles. The van der Waals surface area contributed by atoms with Crippen LogP contribution in [-0.2, 0) is 10.0 Å². The van der Waals surface area contributed by atoms with Gasteiger partial charge in [-0.25, -0.2) is 17.8 Å². The third kappa shape index (κ3) is 5.34. The van der Waals surface area contributed by atoms with E-state index in [0.717, 1.165) is 0 Å². The second-order valence-corrected chi connectivity index (χ2v) is 12.0. The highest BCUT2D eigenvalue weighted by Gasteiger charge is 2.25. The fraction of sp³-hybridized carbons (Fsp3) is 0.121. The van der Waals surface area contributed by atoms with Gasteiger partial charge in [-0.05, 0) is 67.1 Å². The average Bonchev–Trinajstić information content (AvgIpc) is 3.65. The lowest BCUT2D eigenvalue weighted by atomic mass is 9.97. The molecule has 2 heterocycles. The number of oxazole rings is 1. The van der Waals surface area contributed by atoms with Crippen molar-refractivity contribution in [1.29, 1.82) is 5.26 Å². The lowest BCUT2D eigenvalue weighted by Crippen LogP contribution is -2.18. The summed E-state index contributed by atoms with van der Waals surface area (Å²) in [4.78, 5) is 17.8. The maximum absolute atomic E-state index is 13.7. The van der Waals surface area contributed by atoms with Gasteiger partial charge in [-0.3, -0.25) is 9.52 Å². The van der Waals surface area contributed by atoms with Crippen LogP contribution < -0.4 is 14.8 Å². The number of carbonyl (C=O) groups is 1. The Bertz CT molecular complexity index is 2270. The molecule has 45 heavy (non-hydrogen) atoms. The Balaban J connectivity index is 1.61. The Morgan fingerprint density at radius 1 is 1.00 bits per heavy atom. The van der Waals surface area contributed by atoms with Crippen molar-refractivity contribution >= 4 is 43.7 Å². The third-order valence-corrected chi connectivity index (χ3v) is 8.61. The van der Waals surface area contributed by atoms with E-state index in [9.17, 15) is 22.9 Å². The number of carbonyl (C=O) groups excluding carboxylic acids is 1. The second-order valence-electron chi connectivity index (χ2n) is 9.99. The molecule has 0 fully saturated rings. The molecule has 1 amide bonds. The van der Waals surface area contributed by atoms with Crippen LogP contribution in [0.2, 0.25) is 0 Å². The van der Waals surface area contributed by atoms with Crippen LogP contribution in [-0.4, -0.2) is 39.2 Å². The quantitative estimate of drug-likeness (QED) is 0.190. The van der Waals surface area contributed by atoms with E-state index in [2.05, 4.69) is 21.1 Å². The number of benzene rings is 4. The van der Waals surface area contributed by atoms with Gasteiger partial charge in [0.25, 0.3) is 5.91 Å². The molecule has 2 aromatic heterocycles. The van der Waals surface area contributed by atoms with E-state index in [1.54, 1.807) is 42.5 Å². The summed E-state index contributed by atoms with van der Waals surface area (Å²) in [7, 11) is -0.779. The summed E-state index contributed by atoms with van der Waals surface area (Å²) in [6.07, 6.45) is 0. The number of nitrogens with one attached hydrogen (secondary N) is 2. The topological polar surface area (TPSA) is 147 Å². The van der Waals surface area contributed by atoms with E-state index in [0.29, 0.717) is 50.1 Å². The van der Waals surface area contributed by atoms with Gasteiger partial charge in [0.15, 0.2) is 5.58 Å². The van der Waals surface area contributed by atoms with Gasteiger partial charge >= 0.3 is 0 Å². The molecule has 10 nitrogen and oxygen atoms in total. The summed E-state index contributed by atoms with van der Waals surface area (Å²) in [6.45, 7) is 1.51. The number of sulfonamides is 1. The second kappa shape index (κ2) is 11.4. The van der Waals surface area contributed by atoms with Crippen molar-refractivity contribution in [1.82, 2.24) is 10.3 Å². The number of aromatic nitrogens is 1. The molecule has 0 aliphatic rings. The summed E-state index contributed by atoms with van der Waals surface area (Å²) in [5.74, 6) is -0.278. The van der Waals surface area contributed by atoms with Crippen LogP contribution in [0.1, 0.15) is 22.8 Å². The summed E-state index contributed by atoms with van der Waals surface area (Å²) in [6, 6.07) is 21.0. The third-order valence-electron chi connectivity index (χ3n) is 7.31. The Kier molecular flexibility index (Phi) is 7.48. The van der Waals surface area contributed by atoms with Crippen LogP contribution in [0.15, 0.2) is 81.6 Å². The number of halogens is 1. The summed E-state index contributed by atoms with van der Waals surface area (Å²) in [5, 5.41) is 12.6. The Labute approximate surface area is 257 Å². The van der Waals surface area contributed by atoms with Gasteiger partial charge in [-0.2, -0.15) is 5.26 Å². The normalized spacial score (nSPS) is 11.4. The van der Waals surface area contributed by atoms with E-state index < -0.39 is 21.7 Å². The lowest BCUT2D eigenvalue weighted by molar-refractivity contribution is 0.0964. The number of anilines is 1. The minimum atomic E-state index is -3.75. The zero-order valence-electron chi connectivity index (χ0n) is 24.3. The number of methoxy groups -OCH3 is 1. The van der Waals surface area contributed by atoms with Crippen molar-refractivity contribution in [3.63, 3.8) is 0 Å². The van der Waals surface area contributed by atoms with E-state index in [-0.39, 0.29) is 34.2 Å². The van der Waals surface area contributed by atoms with Crippen molar-refractivity contribution < 1.29 is 31.2 Å². The number of fused-ring (bicyclic) bond motifs is 2. The van der Waals surface area contributed by atoms with Crippen LogP contribution >= 0.6 is 0 Å².